The molecule has 1 heterocycles. The van der Waals surface area contributed by atoms with Crippen LogP contribution in [-0.4, -0.2) is 48.9 Å². The van der Waals surface area contributed by atoms with Crippen LogP contribution in [-0.2, 0) is 0 Å². The Labute approximate surface area is 111 Å². The Morgan fingerprint density at radius 2 is 1.95 bits per heavy atom. The van der Waals surface area contributed by atoms with Gasteiger partial charge in [0.2, 0.25) is 0 Å². The maximum absolute atomic E-state index is 11.9. The first kappa shape index (κ1) is 13.3. The summed E-state index contributed by atoms with van der Waals surface area (Å²) in [6.07, 6.45) is 2.21. The van der Waals surface area contributed by atoms with Crippen LogP contribution in [0.4, 0.5) is 0 Å². The Hall–Kier alpha value is -2.11. The summed E-state index contributed by atoms with van der Waals surface area (Å²) >= 11 is 0. The van der Waals surface area contributed by atoms with Gasteiger partial charge in [-0.05, 0) is 12.8 Å². The largest absolute Gasteiger partial charge is 0.490 e. The van der Waals surface area contributed by atoms with Gasteiger partial charge >= 0.3 is 0 Å². The van der Waals surface area contributed by atoms with Gasteiger partial charge in [0.25, 0.3) is 11.8 Å². The molecule has 1 saturated carbocycles. The first-order valence-corrected chi connectivity index (χ1v) is 6.13. The molecular weight excluding hydrogens is 246 g/mol. The fourth-order valence-electron chi connectivity index (χ4n) is 1.53. The zero-order valence-corrected chi connectivity index (χ0v) is 11.3. The molecule has 1 aliphatic rings. The Kier molecular flexibility index (Phi) is 3.69. The summed E-state index contributed by atoms with van der Waals surface area (Å²) in [5, 5.41) is 2.49. The fourth-order valence-corrected chi connectivity index (χ4v) is 1.53. The topological polar surface area (TPSA) is 71.5 Å². The molecule has 0 aromatic carbocycles. The highest BCUT2D eigenvalue weighted by atomic mass is 16.5. The Morgan fingerprint density at radius 1 is 1.32 bits per heavy atom. The van der Waals surface area contributed by atoms with E-state index in [0.717, 1.165) is 12.8 Å². The minimum absolute atomic E-state index is 0.186. The summed E-state index contributed by atoms with van der Waals surface area (Å²) in [7, 11) is 4.79. The van der Waals surface area contributed by atoms with Gasteiger partial charge in [0.1, 0.15) is 17.1 Å². The smallest absolute Gasteiger partial charge is 0.272 e. The summed E-state index contributed by atoms with van der Waals surface area (Å²) in [5.41, 5.74) is 0.396. The monoisotopic (exact) mass is 263 g/mol. The Balaban J connectivity index is 2.35. The lowest BCUT2D eigenvalue weighted by atomic mass is 10.2. The zero-order chi connectivity index (χ0) is 14.0. The molecule has 6 nitrogen and oxygen atoms in total. The summed E-state index contributed by atoms with van der Waals surface area (Å²) in [4.78, 5) is 29.1. The summed E-state index contributed by atoms with van der Waals surface area (Å²) in [6, 6.07) is 3.14. The van der Waals surface area contributed by atoms with Gasteiger partial charge in [-0.1, -0.05) is 0 Å². The molecule has 2 amide bonds. The molecular formula is C13H17N3O3. The molecule has 1 N–H and O–H groups in total. The molecule has 0 spiro atoms. The highest BCUT2D eigenvalue weighted by molar-refractivity contribution is 5.96. The molecule has 19 heavy (non-hydrogen) atoms. The van der Waals surface area contributed by atoms with Crippen molar-refractivity contribution in [2.24, 2.45) is 0 Å². The number of carbonyl (C=O) groups is 2. The molecule has 6 heteroatoms. The van der Waals surface area contributed by atoms with E-state index in [1.807, 2.05) is 0 Å². The van der Waals surface area contributed by atoms with Crippen LogP contribution in [0.2, 0.25) is 0 Å². The fraction of sp³-hybridized carbons (Fsp3) is 0.462. The molecule has 1 aromatic heterocycles. The molecule has 2 rings (SSSR count). The maximum atomic E-state index is 11.9. The first-order valence-electron chi connectivity index (χ1n) is 6.13. The minimum atomic E-state index is -0.339. The summed E-state index contributed by atoms with van der Waals surface area (Å²) < 4.78 is 5.64. The van der Waals surface area contributed by atoms with Crippen molar-refractivity contribution in [1.29, 1.82) is 0 Å². The lowest BCUT2D eigenvalue weighted by Crippen LogP contribution is -2.25. The van der Waals surface area contributed by atoms with Crippen molar-refractivity contribution in [1.82, 2.24) is 15.2 Å². The van der Waals surface area contributed by atoms with Gasteiger partial charge in [0, 0.05) is 33.3 Å². The molecule has 1 aromatic rings. The van der Waals surface area contributed by atoms with Crippen LogP contribution in [0.1, 0.15) is 33.8 Å². The number of pyridine rings is 1. The first-order chi connectivity index (χ1) is 9.01. The van der Waals surface area contributed by atoms with Gasteiger partial charge in [-0.3, -0.25) is 9.59 Å². The van der Waals surface area contributed by atoms with Crippen molar-refractivity contribution < 1.29 is 14.3 Å². The SMILES string of the molecule is CNC(=O)c1cc(OC2CC2)cc(C(=O)N(C)C)n1. The highest BCUT2D eigenvalue weighted by Crippen LogP contribution is 2.27. The average Bonchev–Trinajstić information content (AvgIpc) is 3.20. The second kappa shape index (κ2) is 5.26. The number of ether oxygens (including phenoxy) is 1. The van der Waals surface area contributed by atoms with E-state index < -0.39 is 0 Å². The maximum Gasteiger partial charge on any atom is 0.272 e. The van der Waals surface area contributed by atoms with Crippen molar-refractivity contribution in [2.45, 2.75) is 18.9 Å². The van der Waals surface area contributed by atoms with Crippen LogP contribution < -0.4 is 10.1 Å². The van der Waals surface area contributed by atoms with Crippen LogP contribution in [0, 0.1) is 0 Å². The third kappa shape index (κ3) is 3.21. The van der Waals surface area contributed by atoms with Crippen molar-refractivity contribution in [3.05, 3.63) is 23.5 Å². The predicted molar refractivity (Wildman–Crippen MR) is 69.3 cm³/mol. The third-order valence-corrected chi connectivity index (χ3v) is 2.71. The zero-order valence-electron chi connectivity index (χ0n) is 11.3. The van der Waals surface area contributed by atoms with E-state index in [1.54, 1.807) is 26.2 Å². The van der Waals surface area contributed by atoms with E-state index in [4.69, 9.17) is 4.74 Å². The molecule has 0 unspecified atom stereocenters. The number of hydrogen-bond donors (Lipinski definition) is 1. The number of rotatable bonds is 4. The third-order valence-electron chi connectivity index (χ3n) is 2.71. The van der Waals surface area contributed by atoms with E-state index >= 15 is 0 Å². The molecule has 0 radical (unpaired) electrons. The molecule has 1 aliphatic carbocycles. The van der Waals surface area contributed by atoms with E-state index in [1.165, 1.54) is 11.9 Å². The van der Waals surface area contributed by atoms with Crippen molar-refractivity contribution >= 4 is 11.8 Å². The lowest BCUT2D eigenvalue weighted by molar-refractivity contribution is 0.0821. The quantitative estimate of drug-likeness (QED) is 0.867. The molecule has 0 aliphatic heterocycles. The van der Waals surface area contributed by atoms with E-state index in [0.29, 0.717) is 5.75 Å². The molecule has 102 valence electrons. The van der Waals surface area contributed by atoms with Crippen LogP contribution in [0.3, 0.4) is 0 Å². The van der Waals surface area contributed by atoms with Gasteiger partial charge in [-0.25, -0.2) is 4.98 Å². The lowest BCUT2D eigenvalue weighted by Gasteiger charge is -2.12. The number of amides is 2. The van der Waals surface area contributed by atoms with E-state index in [-0.39, 0.29) is 29.3 Å². The number of nitrogens with one attached hydrogen (secondary N) is 1. The molecule has 1 fully saturated rings. The van der Waals surface area contributed by atoms with Crippen LogP contribution in [0.15, 0.2) is 12.1 Å². The summed E-state index contributed by atoms with van der Waals surface area (Å²) in [5.74, 6) is -0.0817. The van der Waals surface area contributed by atoms with Crippen LogP contribution in [0.5, 0.6) is 5.75 Å². The van der Waals surface area contributed by atoms with Gasteiger partial charge in [-0.15, -0.1) is 0 Å². The predicted octanol–water partition coefficient (Wildman–Crippen LogP) is 0.684. The van der Waals surface area contributed by atoms with E-state index in [9.17, 15) is 9.59 Å². The van der Waals surface area contributed by atoms with Crippen molar-refractivity contribution in [3.8, 4) is 5.75 Å². The normalized spacial score (nSPS) is 13.8. The Morgan fingerprint density at radius 3 is 2.47 bits per heavy atom. The van der Waals surface area contributed by atoms with Crippen molar-refractivity contribution in [2.75, 3.05) is 21.1 Å². The average molecular weight is 263 g/mol. The number of nitrogens with zero attached hydrogens (tertiary/aromatic N) is 2. The molecule has 0 bridgehead atoms. The molecule has 0 atom stereocenters. The molecule has 0 saturated heterocycles. The van der Waals surface area contributed by atoms with Crippen LogP contribution in [0.25, 0.3) is 0 Å². The number of aromatic nitrogens is 1. The van der Waals surface area contributed by atoms with Gasteiger partial charge in [0.15, 0.2) is 0 Å². The van der Waals surface area contributed by atoms with Crippen molar-refractivity contribution in [3.63, 3.8) is 0 Å². The summed E-state index contributed by atoms with van der Waals surface area (Å²) in [6.45, 7) is 0. The standard InChI is InChI=1S/C13H17N3O3/c1-14-12(17)10-6-9(19-8-4-5-8)7-11(15-10)13(18)16(2)3/h6-8H,4-5H2,1-3H3,(H,14,17). The number of carbonyl (C=O) groups excluding carboxylic acids is 2. The Bertz CT molecular complexity index is 510. The van der Waals surface area contributed by atoms with Gasteiger partial charge in [0.05, 0.1) is 6.10 Å². The highest BCUT2D eigenvalue weighted by Gasteiger charge is 2.25. The number of hydrogen-bond acceptors (Lipinski definition) is 4. The van der Waals surface area contributed by atoms with Gasteiger partial charge in [-0.2, -0.15) is 0 Å². The minimum Gasteiger partial charge on any atom is -0.490 e. The van der Waals surface area contributed by atoms with Crippen LogP contribution >= 0.6 is 0 Å². The van der Waals surface area contributed by atoms with Gasteiger partial charge < -0.3 is 15.0 Å². The van der Waals surface area contributed by atoms with E-state index in [2.05, 4.69) is 10.3 Å². The second-order valence-corrected chi connectivity index (χ2v) is 4.67. The second-order valence-electron chi connectivity index (χ2n) is 4.67.